The molecule has 0 radical (unpaired) electrons. The molecule has 1 amide bonds. The van der Waals surface area contributed by atoms with Crippen molar-refractivity contribution >= 4 is 28.5 Å². The van der Waals surface area contributed by atoms with Crippen LogP contribution in [0.1, 0.15) is 15.9 Å². The highest BCUT2D eigenvalue weighted by atomic mass is 32.2. The standard InChI is InChI=1S/C27H23N3O2S/c31-26(30-24-13-11-21(12-14-24)25-18-28-15-16-29-25)23(17-20-7-3-1-4-8-20)19-33-27(32)22-9-5-2-6-10-22/h1-16,18,23H,17,19H2,(H,30,31). The van der Waals surface area contributed by atoms with Crippen LogP contribution in [0.25, 0.3) is 11.3 Å². The van der Waals surface area contributed by atoms with Gasteiger partial charge in [-0.3, -0.25) is 19.6 Å². The van der Waals surface area contributed by atoms with Crippen molar-refractivity contribution in [3.63, 3.8) is 0 Å². The second kappa shape index (κ2) is 11.2. The van der Waals surface area contributed by atoms with Crippen molar-refractivity contribution in [2.75, 3.05) is 11.1 Å². The maximum Gasteiger partial charge on any atom is 0.228 e. The normalized spacial score (nSPS) is 11.5. The second-order valence-electron chi connectivity index (χ2n) is 7.51. The van der Waals surface area contributed by atoms with Gasteiger partial charge in [-0.15, -0.1) is 0 Å². The zero-order valence-electron chi connectivity index (χ0n) is 17.9. The lowest BCUT2D eigenvalue weighted by atomic mass is 10.00. The maximum absolute atomic E-state index is 13.2. The third kappa shape index (κ3) is 6.37. The van der Waals surface area contributed by atoms with Crippen molar-refractivity contribution in [2.24, 2.45) is 5.92 Å². The zero-order chi connectivity index (χ0) is 22.9. The average molecular weight is 454 g/mol. The van der Waals surface area contributed by atoms with E-state index in [0.29, 0.717) is 23.4 Å². The fraction of sp³-hybridized carbons (Fsp3) is 0.111. The monoisotopic (exact) mass is 453 g/mol. The molecular weight excluding hydrogens is 430 g/mol. The highest BCUT2D eigenvalue weighted by Gasteiger charge is 2.21. The van der Waals surface area contributed by atoms with E-state index < -0.39 is 0 Å². The van der Waals surface area contributed by atoms with Gasteiger partial charge in [0.25, 0.3) is 0 Å². The number of amides is 1. The van der Waals surface area contributed by atoms with Crippen LogP contribution in [-0.2, 0) is 11.2 Å². The van der Waals surface area contributed by atoms with Crippen molar-refractivity contribution in [2.45, 2.75) is 6.42 Å². The molecule has 3 aromatic carbocycles. The van der Waals surface area contributed by atoms with Crippen LogP contribution in [0.2, 0.25) is 0 Å². The molecule has 0 saturated carbocycles. The van der Waals surface area contributed by atoms with Crippen molar-refractivity contribution < 1.29 is 9.59 Å². The molecule has 0 aliphatic heterocycles. The van der Waals surface area contributed by atoms with Gasteiger partial charge >= 0.3 is 0 Å². The molecule has 1 heterocycles. The Balaban J connectivity index is 1.45. The van der Waals surface area contributed by atoms with Gasteiger partial charge in [0.2, 0.25) is 11.0 Å². The number of hydrogen-bond donors (Lipinski definition) is 1. The summed E-state index contributed by atoms with van der Waals surface area (Å²) < 4.78 is 0. The number of aromatic nitrogens is 2. The van der Waals surface area contributed by atoms with E-state index in [2.05, 4.69) is 15.3 Å². The molecule has 0 aliphatic rings. The number of nitrogens with one attached hydrogen (secondary N) is 1. The molecule has 5 nitrogen and oxygen atoms in total. The Hall–Kier alpha value is -3.77. The Morgan fingerprint density at radius 3 is 2.21 bits per heavy atom. The quantitative estimate of drug-likeness (QED) is 0.381. The number of carbonyl (C=O) groups excluding carboxylic acids is 2. The first kappa shape index (κ1) is 22.4. The summed E-state index contributed by atoms with van der Waals surface area (Å²) in [7, 11) is 0. The van der Waals surface area contributed by atoms with E-state index in [1.54, 1.807) is 30.7 Å². The third-order valence-corrected chi connectivity index (χ3v) is 6.20. The Bertz CT molecular complexity index is 1180. The fourth-order valence-corrected chi connectivity index (χ4v) is 4.30. The second-order valence-corrected chi connectivity index (χ2v) is 8.50. The zero-order valence-corrected chi connectivity index (χ0v) is 18.7. The number of hydrogen-bond acceptors (Lipinski definition) is 5. The number of thioether (sulfide) groups is 1. The number of anilines is 1. The Labute approximate surface area is 197 Å². The average Bonchev–Trinajstić information content (AvgIpc) is 2.88. The Kier molecular flexibility index (Phi) is 7.61. The first-order chi connectivity index (χ1) is 16.2. The van der Waals surface area contributed by atoms with Crippen LogP contribution < -0.4 is 5.32 Å². The molecule has 1 aromatic heterocycles. The SMILES string of the molecule is O=C(SCC(Cc1ccccc1)C(=O)Nc1ccc(-c2cnccn2)cc1)c1ccccc1. The number of benzene rings is 3. The van der Waals surface area contributed by atoms with E-state index in [4.69, 9.17) is 0 Å². The van der Waals surface area contributed by atoms with Crippen LogP contribution >= 0.6 is 11.8 Å². The van der Waals surface area contributed by atoms with Crippen LogP contribution in [0.5, 0.6) is 0 Å². The van der Waals surface area contributed by atoms with Gasteiger partial charge in [-0.05, 0) is 24.1 Å². The Morgan fingerprint density at radius 2 is 1.55 bits per heavy atom. The minimum Gasteiger partial charge on any atom is -0.326 e. The van der Waals surface area contributed by atoms with Crippen LogP contribution in [0, 0.1) is 5.92 Å². The van der Waals surface area contributed by atoms with Crippen molar-refractivity contribution in [1.82, 2.24) is 9.97 Å². The van der Waals surface area contributed by atoms with Crippen molar-refractivity contribution in [3.8, 4) is 11.3 Å². The smallest absolute Gasteiger partial charge is 0.228 e. The van der Waals surface area contributed by atoms with E-state index in [1.807, 2.05) is 72.8 Å². The van der Waals surface area contributed by atoms with E-state index in [-0.39, 0.29) is 16.9 Å². The van der Waals surface area contributed by atoms with Gasteiger partial charge in [0.1, 0.15) is 0 Å². The van der Waals surface area contributed by atoms with Gasteiger partial charge in [-0.25, -0.2) is 0 Å². The summed E-state index contributed by atoms with van der Waals surface area (Å²) in [4.78, 5) is 34.1. The molecule has 0 fully saturated rings. The summed E-state index contributed by atoms with van der Waals surface area (Å²) in [5.74, 6) is -0.0734. The van der Waals surface area contributed by atoms with Gasteiger partial charge < -0.3 is 5.32 Å². The molecule has 1 atom stereocenters. The third-order valence-electron chi connectivity index (χ3n) is 5.13. The van der Waals surface area contributed by atoms with Crippen LogP contribution in [0.15, 0.2) is 104 Å². The van der Waals surface area contributed by atoms with Crippen LogP contribution in [0.3, 0.4) is 0 Å². The van der Waals surface area contributed by atoms with E-state index >= 15 is 0 Å². The predicted octanol–water partition coefficient (Wildman–Crippen LogP) is 5.51. The number of nitrogens with zero attached hydrogens (tertiary/aromatic N) is 2. The van der Waals surface area contributed by atoms with E-state index in [1.165, 1.54) is 11.8 Å². The lowest BCUT2D eigenvalue weighted by molar-refractivity contribution is -0.119. The molecule has 0 aliphatic carbocycles. The van der Waals surface area contributed by atoms with Gasteiger partial charge in [0.05, 0.1) is 17.8 Å². The lowest BCUT2D eigenvalue weighted by Gasteiger charge is -2.17. The molecular formula is C27H23N3O2S. The lowest BCUT2D eigenvalue weighted by Crippen LogP contribution is -2.27. The first-order valence-corrected chi connectivity index (χ1v) is 11.6. The highest BCUT2D eigenvalue weighted by molar-refractivity contribution is 8.14. The van der Waals surface area contributed by atoms with Gasteiger partial charge in [0, 0.05) is 35.0 Å². The molecule has 164 valence electrons. The Morgan fingerprint density at radius 1 is 0.848 bits per heavy atom. The van der Waals surface area contributed by atoms with Gasteiger partial charge in [-0.1, -0.05) is 84.6 Å². The summed E-state index contributed by atoms with van der Waals surface area (Å²) in [6.45, 7) is 0. The van der Waals surface area contributed by atoms with Gasteiger partial charge in [0.15, 0.2) is 0 Å². The summed E-state index contributed by atoms with van der Waals surface area (Å²) in [6, 6.07) is 26.5. The first-order valence-electron chi connectivity index (χ1n) is 10.6. The number of carbonyl (C=O) groups is 2. The predicted molar refractivity (Wildman–Crippen MR) is 133 cm³/mol. The summed E-state index contributed by atoms with van der Waals surface area (Å²) in [5.41, 5.74) is 4.09. The highest BCUT2D eigenvalue weighted by Crippen LogP contribution is 2.22. The largest absolute Gasteiger partial charge is 0.326 e. The summed E-state index contributed by atoms with van der Waals surface area (Å²) in [6.07, 6.45) is 5.53. The van der Waals surface area contributed by atoms with Gasteiger partial charge in [-0.2, -0.15) is 0 Å². The van der Waals surface area contributed by atoms with E-state index in [0.717, 1.165) is 16.8 Å². The molecule has 0 bridgehead atoms. The molecule has 1 unspecified atom stereocenters. The molecule has 0 saturated heterocycles. The fourth-order valence-electron chi connectivity index (χ4n) is 3.38. The van der Waals surface area contributed by atoms with Crippen molar-refractivity contribution in [3.05, 3.63) is 115 Å². The summed E-state index contributed by atoms with van der Waals surface area (Å²) in [5, 5.41) is 2.97. The molecule has 4 rings (SSSR count). The van der Waals surface area contributed by atoms with Crippen LogP contribution in [-0.4, -0.2) is 26.7 Å². The topological polar surface area (TPSA) is 72.0 Å². The molecule has 0 spiro atoms. The molecule has 33 heavy (non-hydrogen) atoms. The minimum atomic E-state index is -0.357. The molecule has 4 aromatic rings. The van der Waals surface area contributed by atoms with E-state index in [9.17, 15) is 9.59 Å². The number of rotatable bonds is 8. The summed E-state index contributed by atoms with van der Waals surface area (Å²) >= 11 is 1.18. The van der Waals surface area contributed by atoms with Crippen LogP contribution in [0.4, 0.5) is 5.69 Å². The molecule has 6 heteroatoms. The maximum atomic E-state index is 13.2. The molecule has 1 N–H and O–H groups in total. The van der Waals surface area contributed by atoms with Crippen molar-refractivity contribution in [1.29, 1.82) is 0 Å². The minimum absolute atomic E-state index is 0.0326.